The van der Waals surface area contributed by atoms with Gasteiger partial charge in [-0.1, -0.05) is 0 Å². The molecule has 106 valence electrons. The van der Waals surface area contributed by atoms with E-state index in [0.29, 0.717) is 29.4 Å². The lowest BCUT2D eigenvalue weighted by Gasteiger charge is -2.10. The van der Waals surface area contributed by atoms with Gasteiger partial charge in [0.05, 0.1) is 19.2 Å². The second-order valence-electron chi connectivity index (χ2n) is 4.18. The Morgan fingerprint density at radius 2 is 2.30 bits per heavy atom. The molecule has 0 fully saturated rings. The van der Waals surface area contributed by atoms with Crippen molar-refractivity contribution in [3.63, 3.8) is 0 Å². The molecule has 0 radical (unpaired) electrons. The Balaban J connectivity index is 2.09. The second-order valence-corrected chi connectivity index (χ2v) is 4.18. The largest absolute Gasteiger partial charge is 0.496 e. The van der Waals surface area contributed by atoms with Crippen LogP contribution in [-0.4, -0.2) is 27.8 Å². The predicted octanol–water partition coefficient (Wildman–Crippen LogP) is 0.819. The third kappa shape index (κ3) is 2.87. The van der Waals surface area contributed by atoms with Gasteiger partial charge in [0.25, 0.3) is 5.91 Å². The molecule has 0 saturated heterocycles. The first-order valence-corrected chi connectivity index (χ1v) is 6.24. The van der Waals surface area contributed by atoms with Crippen molar-refractivity contribution in [3.8, 4) is 5.75 Å². The summed E-state index contributed by atoms with van der Waals surface area (Å²) >= 11 is 0. The highest BCUT2D eigenvalue weighted by molar-refractivity contribution is 5.97. The maximum absolute atomic E-state index is 12.1. The van der Waals surface area contributed by atoms with E-state index in [1.165, 1.54) is 7.11 Å². The van der Waals surface area contributed by atoms with Crippen molar-refractivity contribution in [2.75, 3.05) is 12.8 Å². The molecule has 0 aliphatic heterocycles. The first-order chi connectivity index (χ1) is 9.65. The number of benzene rings is 1. The van der Waals surface area contributed by atoms with E-state index in [9.17, 15) is 4.79 Å². The molecule has 0 saturated carbocycles. The van der Waals surface area contributed by atoms with Crippen LogP contribution in [0.1, 0.15) is 23.1 Å². The number of nitrogens with two attached hydrogens (primary N) is 1. The van der Waals surface area contributed by atoms with Crippen molar-refractivity contribution >= 4 is 11.6 Å². The normalized spacial score (nSPS) is 10.3. The molecule has 2 rings (SSSR count). The number of methoxy groups -OCH3 is 1. The van der Waals surface area contributed by atoms with Gasteiger partial charge in [-0.15, -0.1) is 10.2 Å². The number of hydrogen-bond donors (Lipinski definition) is 2. The van der Waals surface area contributed by atoms with Gasteiger partial charge < -0.3 is 20.4 Å². The first-order valence-electron chi connectivity index (χ1n) is 6.24. The van der Waals surface area contributed by atoms with Crippen LogP contribution in [0.15, 0.2) is 24.5 Å². The lowest BCUT2D eigenvalue weighted by molar-refractivity contribution is 0.0946. The fourth-order valence-corrected chi connectivity index (χ4v) is 1.83. The Hall–Kier alpha value is -2.57. The number of hydrogen-bond acceptors (Lipinski definition) is 5. The third-order valence-electron chi connectivity index (χ3n) is 2.91. The summed E-state index contributed by atoms with van der Waals surface area (Å²) in [5, 5.41) is 10.6. The molecular formula is C13H17N5O2. The standard InChI is InChI=1S/C13H17N5O2/c1-3-18-8-16-17-12(18)7-15-13(19)10-5-4-9(14)6-11(10)20-2/h4-6,8H,3,7,14H2,1-2H3,(H,15,19). The number of aryl methyl sites for hydroxylation is 1. The zero-order valence-corrected chi connectivity index (χ0v) is 11.5. The molecule has 0 spiro atoms. The summed E-state index contributed by atoms with van der Waals surface area (Å²) in [5.74, 6) is 0.905. The van der Waals surface area contributed by atoms with E-state index in [-0.39, 0.29) is 5.91 Å². The van der Waals surface area contributed by atoms with Gasteiger partial charge in [-0.05, 0) is 19.1 Å². The van der Waals surface area contributed by atoms with Crippen LogP contribution in [0.2, 0.25) is 0 Å². The van der Waals surface area contributed by atoms with E-state index in [2.05, 4.69) is 15.5 Å². The molecule has 7 nitrogen and oxygen atoms in total. The lowest BCUT2D eigenvalue weighted by atomic mass is 10.1. The number of nitrogen functional groups attached to an aromatic ring is 1. The van der Waals surface area contributed by atoms with Crippen LogP contribution < -0.4 is 15.8 Å². The maximum Gasteiger partial charge on any atom is 0.255 e. The SMILES string of the molecule is CCn1cnnc1CNC(=O)c1ccc(N)cc1OC. The number of rotatable bonds is 5. The molecule has 0 aliphatic rings. The average molecular weight is 275 g/mol. The van der Waals surface area contributed by atoms with Gasteiger partial charge >= 0.3 is 0 Å². The highest BCUT2D eigenvalue weighted by atomic mass is 16.5. The Kier molecular flexibility index (Phi) is 4.19. The van der Waals surface area contributed by atoms with Crippen LogP contribution in [0.5, 0.6) is 5.75 Å². The Morgan fingerprint density at radius 3 is 3.00 bits per heavy atom. The minimum atomic E-state index is -0.243. The first kappa shape index (κ1) is 13.9. The molecule has 0 atom stereocenters. The van der Waals surface area contributed by atoms with Crippen LogP contribution in [0.3, 0.4) is 0 Å². The number of carbonyl (C=O) groups excluding carboxylic acids is 1. The van der Waals surface area contributed by atoms with E-state index in [4.69, 9.17) is 10.5 Å². The molecular weight excluding hydrogens is 258 g/mol. The van der Waals surface area contributed by atoms with Gasteiger partial charge in [-0.3, -0.25) is 4.79 Å². The van der Waals surface area contributed by atoms with Gasteiger partial charge in [0.2, 0.25) is 0 Å². The van der Waals surface area contributed by atoms with E-state index in [0.717, 1.165) is 6.54 Å². The van der Waals surface area contributed by atoms with Crippen LogP contribution in [0.4, 0.5) is 5.69 Å². The second kappa shape index (κ2) is 6.05. The monoisotopic (exact) mass is 275 g/mol. The van der Waals surface area contributed by atoms with Crippen molar-refractivity contribution in [2.24, 2.45) is 0 Å². The van der Waals surface area contributed by atoms with Gasteiger partial charge in [-0.25, -0.2) is 0 Å². The van der Waals surface area contributed by atoms with Crippen LogP contribution in [0, 0.1) is 0 Å². The van der Waals surface area contributed by atoms with Crippen LogP contribution in [0.25, 0.3) is 0 Å². The summed E-state index contributed by atoms with van der Waals surface area (Å²) in [6.45, 7) is 3.04. The Morgan fingerprint density at radius 1 is 1.50 bits per heavy atom. The smallest absolute Gasteiger partial charge is 0.255 e. The van der Waals surface area contributed by atoms with Crippen LogP contribution in [-0.2, 0) is 13.1 Å². The quantitative estimate of drug-likeness (QED) is 0.788. The Labute approximate surface area is 116 Å². The summed E-state index contributed by atoms with van der Waals surface area (Å²) in [6, 6.07) is 4.91. The molecule has 7 heteroatoms. The minimum absolute atomic E-state index is 0.243. The molecule has 20 heavy (non-hydrogen) atoms. The Bertz CT molecular complexity index is 609. The number of aromatic nitrogens is 3. The number of nitrogens with zero attached hydrogens (tertiary/aromatic N) is 3. The molecule has 0 unspecified atom stereocenters. The highest BCUT2D eigenvalue weighted by Gasteiger charge is 2.13. The van der Waals surface area contributed by atoms with Gasteiger partial charge in [0.1, 0.15) is 12.1 Å². The molecule has 0 bridgehead atoms. The fourth-order valence-electron chi connectivity index (χ4n) is 1.83. The molecule has 1 amide bonds. The van der Waals surface area contributed by atoms with Crippen molar-refractivity contribution in [3.05, 3.63) is 35.9 Å². The van der Waals surface area contributed by atoms with Gasteiger partial charge in [0.15, 0.2) is 5.82 Å². The van der Waals surface area contributed by atoms with Gasteiger partial charge in [-0.2, -0.15) is 0 Å². The van der Waals surface area contributed by atoms with E-state index in [1.54, 1.807) is 24.5 Å². The predicted molar refractivity (Wildman–Crippen MR) is 74.3 cm³/mol. The number of anilines is 1. The van der Waals surface area contributed by atoms with Crippen LogP contribution >= 0.6 is 0 Å². The van der Waals surface area contributed by atoms with Crippen molar-refractivity contribution in [1.82, 2.24) is 20.1 Å². The molecule has 1 aromatic heterocycles. The minimum Gasteiger partial charge on any atom is -0.496 e. The summed E-state index contributed by atoms with van der Waals surface area (Å²) < 4.78 is 7.02. The topological polar surface area (TPSA) is 95.1 Å². The number of ether oxygens (including phenoxy) is 1. The zero-order valence-electron chi connectivity index (χ0n) is 11.5. The molecule has 2 aromatic rings. The van der Waals surface area contributed by atoms with E-state index >= 15 is 0 Å². The lowest BCUT2D eigenvalue weighted by Crippen LogP contribution is -2.25. The molecule has 1 aromatic carbocycles. The number of carbonyl (C=O) groups is 1. The summed E-state index contributed by atoms with van der Waals surface area (Å²) in [6.07, 6.45) is 1.63. The average Bonchev–Trinajstić information content (AvgIpc) is 2.92. The zero-order chi connectivity index (χ0) is 14.5. The summed E-state index contributed by atoms with van der Waals surface area (Å²) in [5.41, 5.74) is 6.64. The molecule has 0 aliphatic carbocycles. The van der Waals surface area contributed by atoms with Gasteiger partial charge in [0, 0.05) is 18.3 Å². The molecule has 3 N–H and O–H groups in total. The van der Waals surface area contributed by atoms with Crippen molar-refractivity contribution in [1.29, 1.82) is 0 Å². The maximum atomic E-state index is 12.1. The van der Waals surface area contributed by atoms with E-state index < -0.39 is 0 Å². The molecule has 1 heterocycles. The highest BCUT2D eigenvalue weighted by Crippen LogP contribution is 2.21. The number of nitrogens with one attached hydrogen (secondary N) is 1. The van der Waals surface area contributed by atoms with Crippen molar-refractivity contribution < 1.29 is 9.53 Å². The van der Waals surface area contributed by atoms with E-state index in [1.807, 2.05) is 11.5 Å². The number of amides is 1. The fraction of sp³-hybridized carbons (Fsp3) is 0.308. The van der Waals surface area contributed by atoms with Crippen molar-refractivity contribution in [2.45, 2.75) is 20.0 Å². The summed E-state index contributed by atoms with van der Waals surface area (Å²) in [4.78, 5) is 12.1. The third-order valence-corrected chi connectivity index (χ3v) is 2.91. The summed E-state index contributed by atoms with van der Waals surface area (Å²) in [7, 11) is 1.50.